The average Bonchev–Trinajstić information content (AvgIpc) is 3.14. The van der Waals surface area contributed by atoms with E-state index in [2.05, 4.69) is 5.32 Å². The zero-order valence-corrected chi connectivity index (χ0v) is 18.2. The van der Waals surface area contributed by atoms with E-state index in [1.807, 2.05) is 41.8 Å². The van der Waals surface area contributed by atoms with Crippen molar-refractivity contribution in [2.75, 3.05) is 33.3 Å². The van der Waals surface area contributed by atoms with Crippen LogP contribution in [0, 0.1) is 0 Å². The van der Waals surface area contributed by atoms with Crippen molar-refractivity contribution in [3.8, 4) is 17.2 Å². The Balaban J connectivity index is 2.05. The number of esters is 1. The number of ether oxygens (including phenoxy) is 4. The van der Waals surface area contributed by atoms with Gasteiger partial charge in [-0.15, -0.1) is 0 Å². The highest BCUT2D eigenvalue weighted by Gasteiger charge is 2.37. The van der Waals surface area contributed by atoms with Gasteiger partial charge in [-0.1, -0.05) is 12.1 Å². The lowest BCUT2D eigenvalue weighted by Gasteiger charge is -2.31. The van der Waals surface area contributed by atoms with Crippen molar-refractivity contribution >= 4 is 23.0 Å². The van der Waals surface area contributed by atoms with Crippen LogP contribution in [0.4, 0.5) is 5.95 Å². The highest BCUT2D eigenvalue weighted by atomic mass is 16.5. The maximum atomic E-state index is 13.1. The van der Waals surface area contributed by atoms with Gasteiger partial charge in [0.15, 0.2) is 11.5 Å². The smallest absolute Gasteiger partial charge is 0.338 e. The number of hydrogen-bond donors (Lipinski definition) is 1. The van der Waals surface area contributed by atoms with Crippen molar-refractivity contribution in [2.24, 2.45) is 0 Å². The van der Waals surface area contributed by atoms with Gasteiger partial charge in [-0.3, -0.25) is 4.57 Å². The van der Waals surface area contributed by atoms with Gasteiger partial charge in [0.05, 0.1) is 50.6 Å². The molecule has 3 aromatic rings. The van der Waals surface area contributed by atoms with Crippen LogP contribution >= 0.6 is 0 Å². The zero-order valence-electron chi connectivity index (χ0n) is 18.2. The van der Waals surface area contributed by atoms with Crippen LogP contribution in [0.5, 0.6) is 17.2 Å². The molecule has 1 aliphatic rings. The van der Waals surface area contributed by atoms with Crippen molar-refractivity contribution in [3.05, 3.63) is 53.2 Å². The largest absolute Gasteiger partial charge is 0.493 e. The lowest BCUT2D eigenvalue weighted by atomic mass is 9.93. The number of hydrogen-bond acceptors (Lipinski definition) is 7. The fourth-order valence-electron chi connectivity index (χ4n) is 4.07. The molecule has 2 heterocycles. The number of rotatable bonds is 6. The zero-order chi connectivity index (χ0) is 22.1. The van der Waals surface area contributed by atoms with Gasteiger partial charge in [-0.2, -0.15) is 0 Å². The Morgan fingerprint density at radius 2 is 1.81 bits per heavy atom. The molecule has 0 bridgehead atoms. The molecule has 2 aromatic carbocycles. The first-order valence-electron chi connectivity index (χ1n) is 9.96. The van der Waals surface area contributed by atoms with E-state index >= 15 is 0 Å². The molecule has 0 saturated heterocycles. The molecular formula is C23H25N3O5. The van der Waals surface area contributed by atoms with E-state index in [1.165, 1.54) is 0 Å². The molecule has 8 heteroatoms. The standard InChI is InChI=1S/C23H25N3O5/c1-6-31-22(27)18-13(2)24-23-25-15-9-7-8-10-16(15)26(23)19(18)14-11-12-17(28-3)21(30-5)20(14)29-4/h7-12,19H,6H2,1-5H3,(H,24,25)/t19-/m1/s1. The molecule has 1 atom stereocenters. The number of fused-ring (bicyclic) bond motifs is 3. The van der Waals surface area contributed by atoms with E-state index in [4.69, 9.17) is 23.9 Å². The quantitative estimate of drug-likeness (QED) is 0.602. The molecule has 162 valence electrons. The summed E-state index contributed by atoms with van der Waals surface area (Å²) in [7, 11) is 4.68. The SMILES string of the molecule is CCOC(=O)C1=C(C)Nc2nc3ccccc3n2[C@@H]1c1ccc(OC)c(OC)c1OC. The van der Waals surface area contributed by atoms with E-state index in [-0.39, 0.29) is 6.61 Å². The number of carbonyl (C=O) groups is 1. The normalized spacial score (nSPS) is 15.3. The van der Waals surface area contributed by atoms with Gasteiger partial charge in [0, 0.05) is 11.3 Å². The number of allylic oxidation sites excluding steroid dienone is 1. The monoisotopic (exact) mass is 423 g/mol. The molecule has 4 rings (SSSR count). The molecular weight excluding hydrogens is 398 g/mol. The highest BCUT2D eigenvalue weighted by molar-refractivity contribution is 5.94. The molecule has 0 radical (unpaired) electrons. The molecule has 1 N–H and O–H groups in total. The lowest BCUT2D eigenvalue weighted by Crippen LogP contribution is -2.29. The van der Waals surface area contributed by atoms with Crippen molar-refractivity contribution in [3.63, 3.8) is 0 Å². The minimum atomic E-state index is -0.544. The summed E-state index contributed by atoms with van der Waals surface area (Å²) in [6.45, 7) is 3.90. The third-order valence-corrected chi connectivity index (χ3v) is 5.36. The van der Waals surface area contributed by atoms with Gasteiger partial charge in [0.1, 0.15) is 0 Å². The molecule has 1 aromatic heterocycles. The van der Waals surface area contributed by atoms with Crippen LogP contribution in [0.3, 0.4) is 0 Å². The number of aromatic nitrogens is 2. The third kappa shape index (κ3) is 3.24. The molecule has 1 aliphatic heterocycles. The van der Waals surface area contributed by atoms with Gasteiger partial charge in [0.25, 0.3) is 0 Å². The summed E-state index contributed by atoms with van der Waals surface area (Å²) in [6, 6.07) is 10.9. The van der Waals surface area contributed by atoms with Crippen molar-refractivity contribution in [1.29, 1.82) is 0 Å². The number of anilines is 1. The maximum Gasteiger partial charge on any atom is 0.338 e. The Morgan fingerprint density at radius 3 is 2.48 bits per heavy atom. The molecule has 0 saturated carbocycles. The highest BCUT2D eigenvalue weighted by Crippen LogP contribution is 2.48. The predicted octanol–water partition coefficient (Wildman–Crippen LogP) is 3.91. The van der Waals surface area contributed by atoms with Gasteiger partial charge in [-0.25, -0.2) is 9.78 Å². The van der Waals surface area contributed by atoms with Crippen LogP contribution in [0.15, 0.2) is 47.7 Å². The van der Waals surface area contributed by atoms with Crippen LogP contribution in [-0.2, 0) is 9.53 Å². The first kappa shape index (κ1) is 20.6. The molecule has 0 fully saturated rings. The Kier molecular flexibility index (Phi) is 5.46. The summed E-state index contributed by atoms with van der Waals surface area (Å²) in [5.74, 6) is 1.69. The Bertz CT molecular complexity index is 1180. The number of nitrogens with one attached hydrogen (secondary N) is 1. The van der Waals surface area contributed by atoms with Crippen LogP contribution in [0.25, 0.3) is 11.0 Å². The van der Waals surface area contributed by atoms with Gasteiger partial charge < -0.3 is 24.3 Å². The number of nitrogens with zero attached hydrogens (tertiary/aromatic N) is 2. The van der Waals surface area contributed by atoms with Crippen molar-refractivity contribution < 1.29 is 23.7 Å². The van der Waals surface area contributed by atoms with E-state index in [0.29, 0.717) is 34.5 Å². The first-order chi connectivity index (χ1) is 15.0. The third-order valence-electron chi connectivity index (χ3n) is 5.36. The second-order valence-corrected chi connectivity index (χ2v) is 7.00. The minimum Gasteiger partial charge on any atom is -0.493 e. The number of benzene rings is 2. The molecule has 0 aliphatic carbocycles. The van der Waals surface area contributed by atoms with Gasteiger partial charge >= 0.3 is 5.97 Å². The average molecular weight is 423 g/mol. The fraction of sp³-hybridized carbons (Fsp3) is 0.304. The number of para-hydroxylation sites is 2. The van der Waals surface area contributed by atoms with Gasteiger partial charge in [0.2, 0.25) is 11.7 Å². The second kappa shape index (κ2) is 8.22. The summed E-state index contributed by atoms with van der Waals surface area (Å²) in [4.78, 5) is 17.8. The van der Waals surface area contributed by atoms with Crippen molar-refractivity contribution in [2.45, 2.75) is 19.9 Å². The molecule has 31 heavy (non-hydrogen) atoms. The number of imidazole rings is 1. The second-order valence-electron chi connectivity index (χ2n) is 7.00. The Hall–Kier alpha value is -3.68. The van der Waals surface area contributed by atoms with E-state index < -0.39 is 12.0 Å². The van der Waals surface area contributed by atoms with Gasteiger partial charge in [-0.05, 0) is 38.1 Å². The summed E-state index contributed by atoms with van der Waals surface area (Å²) < 4.78 is 24.2. The summed E-state index contributed by atoms with van der Waals surface area (Å²) >= 11 is 0. The molecule has 0 unspecified atom stereocenters. The fourth-order valence-corrected chi connectivity index (χ4v) is 4.07. The minimum absolute atomic E-state index is 0.267. The number of methoxy groups -OCH3 is 3. The van der Waals surface area contributed by atoms with E-state index in [1.54, 1.807) is 34.3 Å². The predicted molar refractivity (Wildman–Crippen MR) is 117 cm³/mol. The molecule has 0 amide bonds. The molecule has 0 spiro atoms. The van der Waals surface area contributed by atoms with E-state index in [0.717, 1.165) is 16.6 Å². The van der Waals surface area contributed by atoms with Crippen LogP contribution in [0.2, 0.25) is 0 Å². The van der Waals surface area contributed by atoms with E-state index in [9.17, 15) is 4.79 Å². The molecule has 8 nitrogen and oxygen atoms in total. The summed E-state index contributed by atoms with van der Waals surface area (Å²) in [5, 5.41) is 3.26. The summed E-state index contributed by atoms with van der Waals surface area (Å²) in [5.41, 5.74) is 3.56. The Labute approximate surface area is 180 Å². The van der Waals surface area contributed by atoms with Crippen LogP contribution in [-0.4, -0.2) is 43.5 Å². The Morgan fingerprint density at radius 1 is 1.06 bits per heavy atom. The topological polar surface area (TPSA) is 83.8 Å². The summed E-state index contributed by atoms with van der Waals surface area (Å²) in [6.07, 6.45) is 0. The van der Waals surface area contributed by atoms with Crippen LogP contribution in [0.1, 0.15) is 25.5 Å². The van der Waals surface area contributed by atoms with Crippen molar-refractivity contribution in [1.82, 2.24) is 9.55 Å². The van der Waals surface area contributed by atoms with Crippen LogP contribution < -0.4 is 19.5 Å². The first-order valence-corrected chi connectivity index (χ1v) is 9.96. The lowest BCUT2D eigenvalue weighted by molar-refractivity contribution is -0.139. The maximum absolute atomic E-state index is 13.1. The number of carbonyl (C=O) groups excluding carboxylic acids is 1.